The van der Waals surface area contributed by atoms with Crippen molar-refractivity contribution in [1.82, 2.24) is 10.3 Å². The van der Waals surface area contributed by atoms with Crippen LogP contribution in [-0.4, -0.2) is 41.7 Å². The minimum atomic E-state index is -2.60. The summed E-state index contributed by atoms with van der Waals surface area (Å²) in [5, 5.41) is 10.8. The van der Waals surface area contributed by atoms with Crippen LogP contribution in [0.4, 0.5) is 19.4 Å². The van der Waals surface area contributed by atoms with Gasteiger partial charge < -0.3 is 15.3 Å². The van der Waals surface area contributed by atoms with Crippen molar-refractivity contribution in [3.8, 4) is 0 Å². The fraction of sp³-hybridized carbons (Fsp3) is 0.538. The molecule has 110 valence electrons. The van der Waals surface area contributed by atoms with Crippen LogP contribution in [0.1, 0.15) is 12.5 Å². The van der Waals surface area contributed by atoms with Crippen molar-refractivity contribution in [2.75, 3.05) is 24.5 Å². The van der Waals surface area contributed by atoms with Crippen molar-refractivity contribution in [1.29, 1.82) is 0 Å². The summed E-state index contributed by atoms with van der Waals surface area (Å²) in [4.78, 5) is 16.1. The van der Waals surface area contributed by atoms with Crippen molar-refractivity contribution < 1.29 is 18.7 Å². The van der Waals surface area contributed by atoms with Crippen LogP contribution in [0.5, 0.6) is 0 Å². The second kappa shape index (κ2) is 5.60. The van der Waals surface area contributed by atoms with E-state index in [-0.39, 0.29) is 19.0 Å². The fourth-order valence-electron chi connectivity index (χ4n) is 2.13. The van der Waals surface area contributed by atoms with Gasteiger partial charge in [-0.05, 0) is 24.0 Å². The number of anilines is 1. The average Bonchev–Trinajstić information content (AvgIpc) is 2.34. The van der Waals surface area contributed by atoms with Crippen molar-refractivity contribution in [3.63, 3.8) is 0 Å². The Morgan fingerprint density at radius 2 is 2.25 bits per heavy atom. The zero-order valence-corrected chi connectivity index (χ0v) is 11.1. The predicted molar refractivity (Wildman–Crippen MR) is 70.3 cm³/mol. The molecule has 1 atom stereocenters. The number of pyridine rings is 1. The van der Waals surface area contributed by atoms with E-state index >= 15 is 0 Å². The van der Waals surface area contributed by atoms with Crippen LogP contribution in [0.25, 0.3) is 0 Å². The van der Waals surface area contributed by atoms with Gasteiger partial charge in [0, 0.05) is 12.7 Å². The number of nitrogens with zero attached hydrogens (tertiary/aromatic N) is 2. The van der Waals surface area contributed by atoms with Crippen LogP contribution in [0.3, 0.4) is 0 Å². The minimum absolute atomic E-state index is 0.145. The number of amides is 1. The quantitative estimate of drug-likeness (QED) is 0.868. The van der Waals surface area contributed by atoms with Gasteiger partial charge in [0.05, 0.1) is 13.1 Å². The number of nitrogens with one attached hydrogen (secondary N) is 1. The topological polar surface area (TPSA) is 65.5 Å². The summed E-state index contributed by atoms with van der Waals surface area (Å²) in [6, 6.07) is 3.57. The van der Waals surface area contributed by atoms with Crippen LogP contribution in [0.15, 0.2) is 18.3 Å². The molecular weight excluding hydrogens is 268 g/mol. The first-order chi connectivity index (χ1) is 9.35. The summed E-state index contributed by atoms with van der Waals surface area (Å²) < 4.78 is 25.5. The summed E-state index contributed by atoms with van der Waals surface area (Å²) in [5.41, 5.74) is 0.959. The van der Waals surface area contributed by atoms with E-state index in [1.54, 1.807) is 12.3 Å². The Bertz CT molecular complexity index is 471. The maximum atomic E-state index is 12.8. The summed E-state index contributed by atoms with van der Waals surface area (Å²) in [6.45, 7) is 1.74. The average molecular weight is 285 g/mol. The maximum absolute atomic E-state index is 12.8. The minimum Gasteiger partial charge on any atom is -0.465 e. The molecule has 1 aliphatic heterocycles. The van der Waals surface area contributed by atoms with Crippen molar-refractivity contribution in [3.05, 3.63) is 23.9 Å². The SMILES string of the molecule is C[C@H](CNC(=O)O)Cc1ccc(N2CC(F)(F)C2)nc1. The number of halogens is 2. The standard InChI is InChI=1S/C13H17F2N3O2/c1-9(5-17-12(19)20)4-10-2-3-11(16-6-10)18-7-13(14,15)8-18/h2-3,6,9,17H,4-5,7-8H2,1H3,(H,19,20)/t9-/m0/s1. The number of rotatable bonds is 5. The number of hydrogen-bond donors (Lipinski definition) is 2. The number of carboxylic acid groups (broad SMARTS) is 1. The van der Waals surface area contributed by atoms with Crippen LogP contribution < -0.4 is 10.2 Å². The second-order valence-corrected chi connectivity index (χ2v) is 5.23. The van der Waals surface area contributed by atoms with E-state index < -0.39 is 12.0 Å². The molecule has 0 aromatic carbocycles. The van der Waals surface area contributed by atoms with E-state index in [4.69, 9.17) is 5.11 Å². The first kappa shape index (κ1) is 14.5. The molecule has 20 heavy (non-hydrogen) atoms. The molecule has 2 rings (SSSR count). The summed E-state index contributed by atoms with van der Waals surface area (Å²) >= 11 is 0. The summed E-state index contributed by atoms with van der Waals surface area (Å²) in [7, 11) is 0. The number of hydrogen-bond acceptors (Lipinski definition) is 3. The molecular formula is C13H17F2N3O2. The van der Waals surface area contributed by atoms with E-state index in [0.29, 0.717) is 18.8 Å². The first-order valence-corrected chi connectivity index (χ1v) is 6.40. The smallest absolute Gasteiger partial charge is 0.404 e. The second-order valence-electron chi connectivity index (χ2n) is 5.23. The van der Waals surface area contributed by atoms with Crippen LogP contribution in [-0.2, 0) is 6.42 Å². The van der Waals surface area contributed by atoms with Crippen molar-refractivity contribution in [2.45, 2.75) is 19.3 Å². The van der Waals surface area contributed by atoms with Gasteiger partial charge in [-0.1, -0.05) is 13.0 Å². The molecule has 0 radical (unpaired) electrons. The van der Waals surface area contributed by atoms with Crippen molar-refractivity contribution >= 4 is 11.9 Å². The molecule has 5 nitrogen and oxygen atoms in total. The van der Waals surface area contributed by atoms with Gasteiger partial charge >= 0.3 is 6.09 Å². The van der Waals surface area contributed by atoms with Crippen molar-refractivity contribution in [2.24, 2.45) is 5.92 Å². The molecule has 0 saturated carbocycles. The highest BCUT2D eigenvalue weighted by Gasteiger charge is 2.44. The fourth-order valence-corrected chi connectivity index (χ4v) is 2.13. The molecule has 0 aliphatic carbocycles. The Hall–Kier alpha value is -1.92. The van der Waals surface area contributed by atoms with Gasteiger partial charge in [-0.25, -0.2) is 18.6 Å². The number of aromatic nitrogens is 1. The van der Waals surface area contributed by atoms with Gasteiger partial charge in [0.15, 0.2) is 0 Å². The lowest BCUT2D eigenvalue weighted by Gasteiger charge is -2.39. The molecule has 2 N–H and O–H groups in total. The highest BCUT2D eigenvalue weighted by molar-refractivity contribution is 5.64. The monoisotopic (exact) mass is 285 g/mol. The number of alkyl halides is 2. The van der Waals surface area contributed by atoms with Gasteiger partial charge in [0.25, 0.3) is 5.92 Å². The molecule has 1 fully saturated rings. The van der Waals surface area contributed by atoms with Crippen LogP contribution in [0.2, 0.25) is 0 Å². The van der Waals surface area contributed by atoms with Crippen LogP contribution in [0, 0.1) is 5.92 Å². The molecule has 1 aromatic rings. The van der Waals surface area contributed by atoms with Gasteiger partial charge in [-0.15, -0.1) is 0 Å². The lowest BCUT2D eigenvalue weighted by atomic mass is 10.0. The molecule has 0 unspecified atom stereocenters. The molecule has 7 heteroatoms. The van der Waals surface area contributed by atoms with E-state index in [1.807, 2.05) is 13.0 Å². The first-order valence-electron chi connectivity index (χ1n) is 6.40. The van der Waals surface area contributed by atoms with Gasteiger partial charge in [0.2, 0.25) is 0 Å². The molecule has 1 aliphatic rings. The van der Waals surface area contributed by atoms with E-state index in [1.165, 1.54) is 4.90 Å². The van der Waals surface area contributed by atoms with Gasteiger partial charge in [-0.2, -0.15) is 0 Å². The molecule has 0 bridgehead atoms. The van der Waals surface area contributed by atoms with E-state index in [9.17, 15) is 13.6 Å². The Kier molecular flexibility index (Phi) is 4.06. The summed E-state index contributed by atoms with van der Waals surface area (Å²) in [5.74, 6) is -1.90. The highest BCUT2D eigenvalue weighted by atomic mass is 19.3. The molecule has 1 amide bonds. The predicted octanol–water partition coefficient (Wildman–Crippen LogP) is 1.98. The zero-order valence-electron chi connectivity index (χ0n) is 11.1. The Balaban J connectivity index is 1.84. The van der Waals surface area contributed by atoms with E-state index in [0.717, 1.165) is 5.56 Å². The lowest BCUT2D eigenvalue weighted by Crippen LogP contribution is -2.56. The highest BCUT2D eigenvalue weighted by Crippen LogP contribution is 2.30. The van der Waals surface area contributed by atoms with Gasteiger partial charge in [0.1, 0.15) is 5.82 Å². The van der Waals surface area contributed by atoms with E-state index in [2.05, 4.69) is 10.3 Å². The molecule has 1 saturated heterocycles. The Morgan fingerprint density at radius 3 is 2.75 bits per heavy atom. The third-order valence-electron chi connectivity index (χ3n) is 3.16. The largest absolute Gasteiger partial charge is 0.465 e. The third kappa shape index (κ3) is 3.79. The number of carbonyl (C=O) groups is 1. The van der Waals surface area contributed by atoms with Crippen LogP contribution >= 0.6 is 0 Å². The Labute approximate surface area is 115 Å². The third-order valence-corrected chi connectivity index (χ3v) is 3.16. The molecule has 1 aromatic heterocycles. The molecule has 0 spiro atoms. The normalized spacial score (nSPS) is 18.2. The van der Waals surface area contributed by atoms with Gasteiger partial charge in [-0.3, -0.25) is 0 Å². The lowest BCUT2D eigenvalue weighted by molar-refractivity contribution is -0.0267. The summed E-state index contributed by atoms with van der Waals surface area (Å²) in [6.07, 6.45) is 1.30. The zero-order chi connectivity index (χ0) is 14.8. The Morgan fingerprint density at radius 1 is 1.55 bits per heavy atom. The maximum Gasteiger partial charge on any atom is 0.404 e. The molecule has 2 heterocycles.